The molecule has 0 atom stereocenters. The molecule has 8 heteroatoms. The van der Waals surface area contributed by atoms with E-state index in [0.717, 1.165) is 22.6 Å². The van der Waals surface area contributed by atoms with Gasteiger partial charge in [0.15, 0.2) is 16.6 Å². The lowest BCUT2D eigenvalue weighted by Gasteiger charge is -2.20. The zero-order valence-electron chi connectivity index (χ0n) is 18.1. The van der Waals surface area contributed by atoms with Gasteiger partial charge in [0.05, 0.1) is 11.8 Å². The van der Waals surface area contributed by atoms with Crippen LogP contribution in [0, 0.1) is 33.1 Å². The zero-order valence-corrected chi connectivity index (χ0v) is 18.9. The van der Waals surface area contributed by atoms with E-state index in [1.807, 2.05) is 19.9 Å². The van der Waals surface area contributed by atoms with Gasteiger partial charge in [0.2, 0.25) is 5.17 Å². The lowest BCUT2D eigenvalue weighted by molar-refractivity contribution is -0.114. The second kappa shape index (κ2) is 7.49. The monoisotopic (exact) mass is 443 g/mol. The molecule has 0 unspecified atom stereocenters. The minimum Gasteiger partial charge on any atom is -0.462 e. The zero-order chi connectivity index (χ0) is 22.6. The van der Waals surface area contributed by atoms with E-state index in [0.29, 0.717) is 16.0 Å². The van der Waals surface area contributed by atoms with Crippen LogP contribution in [0.1, 0.15) is 33.8 Å². The average Bonchev–Trinajstić information content (AvgIpc) is 3.44. The minimum absolute atomic E-state index is 0.00487. The molecular weight excluding hydrogens is 422 g/mol. The van der Waals surface area contributed by atoms with Crippen molar-refractivity contribution in [2.45, 2.75) is 27.7 Å². The van der Waals surface area contributed by atoms with Gasteiger partial charge < -0.3 is 8.98 Å². The first-order chi connectivity index (χ1) is 15.3. The third-order valence-corrected chi connectivity index (χ3v) is 6.34. The molecule has 0 fully saturated rings. The molecule has 0 saturated heterocycles. The van der Waals surface area contributed by atoms with E-state index in [9.17, 15) is 4.79 Å². The molecule has 1 N–H and O–H groups in total. The number of amidine groups is 2. The van der Waals surface area contributed by atoms with Crippen LogP contribution in [-0.2, 0) is 4.79 Å². The lowest BCUT2D eigenvalue weighted by Crippen LogP contribution is -2.35. The quantitative estimate of drug-likeness (QED) is 0.579. The molecule has 2 aliphatic rings. The third-order valence-electron chi connectivity index (χ3n) is 5.42. The number of amides is 1. The van der Waals surface area contributed by atoms with Crippen molar-refractivity contribution in [2.75, 3.05) is 0 Å². The van der Waals surface area contributed by atoms with Gasteiger partial charge in [0, 0.05) is 17.1 Å². The van der Waals surface area contributed by atoms with E-state index in [1.165, 1.54) is 27.9 Å². The van der Waals surface area contributed by atoms with Crippen LogP contribution in [0.2, 0.25) is 0 Å². The molecule has 0 spiro atoms. The smallest absolute Gasteiger partial charge is 0.283 e. The number of benzene rings is 1. The van der Waals surface area contributed by atoms with Crippen molar-refractivity contribution in [1.82, 2.24) is 9.58 Å². The van der Waals surface area contributed by atoms with Crippen molar-refractivity contribution < 1.29 is 9.21 Å². The van der Waals surface area contributed by atoms with Crippen LogP contribution in [-0.4, -0.2) is 31.5 Å². The standard InChI is InChI=1S/C24H21N5O2S/c1-13-8-14(2)10-18(9-13)28-15(3)11-17(16(28)4)12-19-21(25)29-24(26-22(19)30)32-23(27-29)20-6-5-7-31-20/h5-12,25H,1-4H3/b19-12+,25-21?. The number of aromatic nitrogens is 1. The first-order valence-electron chi connectivity index (χ1n) is 10.1. The summed E-state index contributed by atoms with van der Waals surface area (Å²) >= 11 is 1.22. The molecule has 0 saturated carbocycles. The molecule has 5 rings (SSSR count). The van der Waals surface area contributed by atoms with Crippen LogP contribution < -0.4 is 0 Å². The van der Waals surface area contributed by atoms with Gasteiger partial charge in [-0.2, -0.15) is 15.1 Å². The molecule has 0 aliphatic carbocycles. The highest BCUT2D eigenvalue weighted by Gasteiger charge is 2.36. The number of carbonyl (C=O) groups excluding carboxylic acids is 1. The molecule has 1 aromatic carbocycles. The Morgan fingerprint density at radius 3 is 2.53 bits per heavy atom. The van der Waals surface area contributed by atoms with E-state index in [4.69, 9.17) is 9.83 Å². The fourth-order valence-corrected chi connectivity index (χ4v) is 4.92. The molecule has 3 aromatic rings. The summed E-state index contributed by atoms with van der Waals surface area (Å²) in [5.74, 6) is 0.140. The van der Waals surface area contributed by atoms with Crippen molar-refractivity contribution in [2.24, 2.45) is 10.1 Å². The fourth-order valence-electron chi connectivity index (χ4n) is 4.06. The van der Waals surface area contributed by atoms with Gasteiger partial charge in [-0.25, -0.2) is 0 Å². The normalized spacial score (nSPS) is 17.1. The first kappa shape index (κ1) is 20.3. The number of carbonyl (C=O) groups is 1. The highest BCUT2D eigenvalue weighted by Crippen LogP contribution is 2.32. The fraction of sp³-hybridized carbons (Fsp3) is 0.167. The number of rotatable bonds is 3. The number of hydrogen-bond donors (Lipinski definition) is 1. The van der Waals surface area contributed by atoms with Gasteiger partial charge in [-0.3, -0.25) is 10.2 Å². The Morgan fingerprint density at radius 2 is 1.84 bits per heavy atom. The molecule has 2 aromatic heterocycles. The van der Waals surface area contributed by atoms with Crippen molar-refractivity contribution in [1.29, 1.82) is 5.41 Å². The van der Waals surface area contributed by atoms with Gasteiger partial charge in [-0.15, -0.1) is 0 Å². The van der Waals surface area contributed by atoms with E-state index >= 15 is 0 Å². The molecule has 0 radical (unpaired) electrons. The van der Waals surface area contributed by atoms with Gasteiger partial charge in [0.1, 0.15) is 0 Å². The Kier molecular flexibility index (Phi) is 4.74. The summed E-state index contributed by atoms with van der Waals surface area (Å²) in [6.07, 6.45) is 3.29. The predicted octanol–water partition coefficient (Wildman–Crippen LogP) is 4.97. The maximum absolute atomic E-state index is 12.8. The number of nitrogens with zero attached hydrogens (tertiary/aromatic N) is 4. The second-order valence-corrected chi connectivity index (χ2v) is 8.87. The van der Waals surface area contributed by atoms with Crippen LogP contribution >= 0.6 is 11.8 Å². The van der Waals surface area contributed by atoms with Crippen LogP contribution in [0.3, 0.4) is 0 Å². The number of hydrogen-bond acceptors (Lipinski definition) is 5. The summed E-state index contributed by atoms with van der Waals surface area (Å²) in [5.41, 5.74) is 6.58. The molecule has 0 bridgehead atoms. The minimum atomic E-state index is -0.444. The number of nitrogens with one attached hydrogen (secondary N) is 1. The second-order valence-electron chi connectivity index (χ2n) is 7.91. The Bertz CT molecular complexity index is 1360. The SMILES string of the molecule is Cc1cc(C)cc(-n2c(C)cc(/C=C3\C(=N)N4N=C(c5ccco5)SC4=NC3=O)c2C)c1. The maximum atomic E-state index is 12.8. The number of aryl methyl sites for hydroxylation is 3. The van der Waals surface area contributed by atoms with Crippen LogP contribution in [0.4, 0.5) is 0 Å². The Hall–Kier alpha value is -3.65. The molecule has 2 aliphatic heterocycles. The largest absolute Gasteiger partial charge is 0.462 e. The summed E-state index contributed by atoms with van der Waals surface area (Å²) < 4.78 is 7.56. The lowest BCUT2D eigenvalue weighted by atomic mass is 10.1. The molecule has 4 heterocycles. The number of fused-ring (bicyclic) bond motifs is 1. The molecule has 7 nitrogen and oxygen atoms in total. The van der Waals surface area contributed by atoms with Crippen molar-refractivity contribution in [3.05, 3.63) is 82.1 Å². The van der Waals surface area contributed by atoms with Crippen LogP contribution in [0.15, 0.2) is 62.7 Å². The highest BCUT2D eigenvalue weighted by atomic mass is 32.2. The highest BCUT2D eigenvalue weighted by molar-refractivity contribution is 8.27. The topological polar surface area (TPSA) is 86.9 Å². The molecule has 32 heavy (non-hydrogen) atoms. The van der Waals surface area contributed by atoms with Crippen molar-refractivity contribution in [3.8, 4) is 5.69 Å². The Balaban J connectivity index is 1.54. The number of hydrazone groups is 1. The van der Waals surface area contributed by atoms with Gasteiger partial charge >= 0.3 is 0 Å². The maximum Gasteiger partial charge on any atom is 0.283 e. The summed E-state index contributed by atoms with van der Waals surface area (Å²) in [6.45, 7) is 8.21. The van der Waals surface area contributed by atoms with Gasteiger partial charge in [-0.1, -0.05) is 6.07 Å². The number of furan rings is 1. The first-order valence-corrected chi connectivity index (χ1v) is 10.9. The molecule has 1 amide bonds. The Morgan fingerprint density at radius 1 is 1.09 bits per heavy atom. The predicted molar refractivity (Wildman–Crippen MR) is 128 cm³/mol. The summed E-state index contributed by atoms with van der Waals surface area (Å²) in [6, 6.07) is 12.0. The summed E-state index contributed by atoms with van der Waals surface area (Å²) in [5, 5.41) is 15.4. The van der Waals surface area contributed by atoms with Crippen LogP contribution in [0.25, 0.3) is 11.8 Å². The van der Waals surface area contributed by atoms with E-state index in [2.05, 4.69) is 46.7 Å². The van der Waals surface area contributed by atoms with Crippen LogP contribution in [0.5, 0.6) is 0 Å². The van der Waals surface area contributed by atoms with E-state index in [-0.39, 0.29) is 11.4 Å². The van der Waals surface area contributed by atoms with Gasteiger partial charge in [0.25, 0.3) is 5.91 Å². The van der Waals surface area contributed by atoms with E-state index in [1.54, 1.807) is 24.5 Å². The van der Waals surface area contributed by atoms with E-state index < -0.39 is 5.91 Å². The van der Waals surface area contributed by atoms with Gasteiger partial charge in [-0.05, 0) is 92.6 Å². The average molecular weight is 444 g/mol. The summed E-state index contributed by atoms with van der Waals surface area (Å²) in [7, 11) is 0. The third kappa shape index (κ3) is 3.33. The summed E-state index contributed by atoms with van der Waals surface area (Å²) in [4.78, 5) is 17.0. The molecule has 160 valence electrons. The number of aliphatic imine (C=N–C) groups is 1. The van der Waals surface area contributed by atoms with Crippen molar-refractivity contribution in [3.63, 3.8) is 0 Å². The van der Waals surface area contributed by atoms with Crippen molar-refractivity contribution >= 4 is 39.8 Å². The molecular formula is C24H21N5O2S. The Labute approximate surface area is 189 Å². The number of thioether (sulfide) groups is 1.